The van der Waals surface area contributed by atoms with Gasteiger partial charge in [0.15, 0.2) is 5.58 Å². The first-order valence-electron chi connectivity index (χ1n) is 7.72. The molecule has 0 amide bonds. The molecule has 7 heteroatoms. The lowest BCUT2D eigenvalue weighted by Crippen LogP contribution is -2.50. The number of benzene rings is 1. The number of piperazine rings is 1. The third-order valence-corrected chi connectivity index (χ3v) is 4.72. The van der Waals surface area contributed by atoms with Crippen LogP contribution in [0.15, 0.2) is 28.9 Å². The molecule has 3 heterocycles. The molecule has 0 saturated carbocycles. The van der Waals surface area contributed by atoms with Crippen molar-refractivity contribution in [2.45, 2.75) is 19.9 Å². The Hall–Kier alpha value is -2.05. The van der Waals surface area contributed by atoms with Crippen LogP contribution in [0.2, 0.25) is 5.02 Å². The van der Waals surface area contributed by atoms with Gasteiger partial charge in [-0.1, -0.05) is 11.6 Å². The maximum atomic E-state index is 6.39. The minimum atomic E-state index is 0.334. The largest absolute Gasteiger partial charge is 0.421 e. The maximum Gasteiger partial charge on any atom is 0.298 e. The average molecular weight is 332 g/mol. The van der Waals surface area contributed by atoms with Crippen molar-refractivity contribution in [3.8, 4) is 5.69 Å². The molecular weight excluding hydrogens is 314 g/mol. The van der Waals surface area contributed by atoms with Crippen LogP contribution in [-0.4, -0.2) is 40.4 Å². The van der Waals surface area contributed by atoms with Gasteiger partial charge in [0.2, 0.25) is 0 Å². The van der Waals surface area contributed by atoms with Crippen LogP contribution in [0.25, 0.3) is 16.8 Å². The molecule has 0 aliphatic carbocycles. The number of rotatable bonds is 2. The number of oxazole rings is 1. The van der Waals surface area contributed by atoms with Crippen molar-refractivity contribution in [3.63, 3.8) is 0 Å². The van der Waals surface area contributed by atoms with E-state index in [4.69, 9.17) is 21.0 Å². The molecule has 2 aromatic heterocycles. The van der Waals surface area contributed by atoms with E-state index in [0.29, 0.717) is 17.1 Å². The number of fused-ring (bicyclic) bond motifs is 1. The van der Waals surface area contributed by atoms with E-state index in [1.165, 1.54) is 0 Å². The Balaban J connectivity index is 1.90. The van der Waals surface area contributed by atoms with Gasteiger partial charge in [-0.25, -0.2) is 4.68 Å². The van der Waals surface area contributed by atoms with Crippen molar-refractivity contribution in [1.29, 1.82) is 0 Å². The minimum Gasteiger partial charge on any atom is -0.421 e. The van der Waals surface area contributed by atoms with E-state index < -0.39 is 0 Å². The Morgan fingerprint density at radius 2 is 2.30 bits per heavy atom. The minimum absolute atomic E-state index is 0.334. The van der Waals surface area contributed by atoms with Crippen molar-refractivity contribution in [1.82, 2.24) is 20.1 Å². The Morgan fingerprint density at radius 3 is 3.04 bits per heavy atom. The van der Waals surface area contributed by atoms with Crippen LogP contribution in [0.4, 0.5) is 6.01 Å². The van der Waals surface area contributed by atoms with E-state index in [0.717, 1.165) is 42.0 Å². The van der Waals surface area contributed by atoms with Gasteiger partial charge in [0.05, 0.1) is 0 Å². The van der Waals surface area contributed by atoms with Gasteiger partial charge in [-0.15, -0.1) is 0 Å². The van der Waals surface area contributed by atoms with Gasteiger partial charge in [-0.3, -0.25) is 0 Å². The molecular formula is C16H18ClN5O. The highest BCUT2D eigenvalue weighted by molar-refractivity contribution is 6.32. The second-order valence-electron chi connectivity index (χ2n) is 5.87. The normalized spacial score (nSPS) is 18.7. The second kappa shape index (κ2) is 5.54. The monoisotopic (exact) mass is 331 g/mol. The molecule has 0 bridgehead atoms. The highest BCUT2D eigenvalue weighted by Gasteiger charge is 2.25. The number of anilines is 1. The number of aryl methyl sites for hydroxylation is 1. The summed E-state index contributed by atoms with van der Waals surface area (Å²) >= 11 is 6.39. The summed E-state index contributed by atoms with van der Waals surface area (Å²) < 4.78 is 7.89. The fraction of sp³-hybridized carbons (Fsp3) is 0.375. The van der Waals surface area contributed by atoms with E-state index in [1.54, 1.807) is 10.9 Å². The molecule has 1 aliphatic rings. The highest BCUT2D eigenvalue weighted by atomic mass is 35.5. The van der Waals surface area contributed by atoms with Gasteiger partial charge in [-0.05, 0) is 31.5 Å². The summed E-state index contributed by atoms with van der Waals surface area (Å²) in [4.78, 5) is 6.91. The molecule has 3 aromatic rings. The number of nitrogens with zero attached hydrogens (tertiary/aromatic N) is 4. The third-order valence-electron chi connectivity index (χ3n) is 4.32. The molecule has 1 saturated heterocycles. The third kappa shape index (κ3) is 2.38. The summed E-state index contributed by atoms with van der Waals surface area (Å²) in [5.74, 6) is 0. The molecule has 1 unspecified atom stereocenters. The molecule has 1 N–H and O–H groups in total. The number of halogens is 1. The fourth-order valence-electron chi connectivity index (χ4n) is 2.97. The topological polar surface area (TPSA) is 59.1 Å². The molecule has 6 nitrogen and oxygen atoms in total. The lowest BCUT2D eigenvalue weighted by Gasteiger charge is -2.32. The van der Waals surface area contributed by atoms with Gasteiger partial charge in [0.1, 0.15) is 11.2 Å². The maximum absolute atomic E-state index is 6.39. The molecule has 120 valence electrons. The zero-order valence-corrected chi connectivity index (χ0v) is 13.8. The van der Waals surface area contributed by atoms with Gasteiger partial charge < -0.3 is 14.6 Å². The standard InChI is InChI=1S/C16H18ClN5O/c1-10-9-18-5-7-21(10)16-20-14-11(2)12(17)8-13(15(14)23-16)22-6-3-4-19-22/h3-4,6,8,10,18H,5,7,9H2,1-2H3. The SMILES string of the molecule is Cc1c(Cl)cc(-n2cccn2)c2oc(N3CCNCC3C)nc12. The van der Waals surface area contributed by atoms with Crippen molar-refractivity contribution in [2.75, 3.05) is 24.5 Å². The van der Waals surface area contributed by atoms with E-state index in [9.17, 15) is 0 Å². The highest BCUT2D eigenvalue weighted by Crippen LogP contribution is 2.34. The second-order valence-corrected chi connectivity index (χ2v) is 6.28. The first-order valence-corrected chi connectivity index (χ1v) is 8.10. The van der Waals surface area contributed by atoms with Gasteiger partial charge >= 0.3 is 0 Å². The first-order chi connectivity index (χ1) is 11.1. The fourth-order valence-corrected chi connectivity index (χ4v) is 3.17. The predicted octanol–water partition coefficient (Wildman–Crippen LogP) is 2.77. The summed E-state index contributed by atoms with van der Waals surface area (Å²) in [6.45, 7) is 6.84. The molecule has 4 rings (SSSR count). The number of hydrogen-bond acceptors (Lipinski definition) is 5. The molecule has 1 fully saturated rings. The number of hydrogen-bond donors (Lipinski definition) is 1. The Bertz CT molecular complexity index is 842. The van der Waals surface area contributed by atoms with Gasteiger partial charge in [0, 0.05) is 43.1 Å². The first kappa shape index (κ1) is 14.5. The summed E-state index contributed by atoms with van der Waals surface area (Å²) in [6, 6.07) is 4.73. The molecule has 1 aliphatic heterocycles. The average Bonchev–Trinajstić information content (AvgIpc) is 3.21. The van der Waals surface area contributed by atoms with Crippen molar-refractivity contribution < 1.29 is 4.42 Å². The van der Waals surface area contributed by atoms with Crippen LogP contribution in [0.5, 0.6) is 0 Å². The Labute approximate surface area is 139 Å². The molecule has 0 radical (unpaired) electrons. The van der Waals surface area contributed by atoms with E-state index in [1.807, 2.05) is 25.3 Å². The van der Waals surface area contributed by atoms with Crippen LogP contribution in [0.3, 0.4) is 0 Å². The summed E-state index contributed by atoms with van der Waals surface area (Å²) in [5, 5.41) is 8.33. The summed E-state index contributed by atoms with van der Waals surface area (Å²) in [7, 11) is 0. The lowest BCUT2D eigenvalue weighted by atomic mass is 10.2. The van der Waals surface area contributed by atoms with Crippen LogP contribution in [0.1, 0.15) is 12.5 Å². The molecule has 1 atom stereocenters. The van der Waals surface area contributed by atoms with Crippen LogP contribution < -0.4 is 10.2 Å². The van der Waals surface area contributed by atoms with Crippen LogP contribution in [0, 0.1) is 6.92 Å². The number of aromatic nitrogens is 3. The molecule has 0 spiro atoms. The Kier molecular flexibility index (Phi) is 3.50. The van der Waals surface area contributed by atoms with E-state index in [2.05, 4.69) is 22.2 Å². The predicted molar refractivity (Wildman–Crippen MR) is 90.6 cm³/mol. The van der Waals surface area contributed by atoms with E-state index in [-0.39, 0.29) is 0 Å². The van der Waals surface area contributed by atoms with Crippen molar-refractivity contribution in [3.05, 3.63) is 35.1 Å². The Morgan fingerprint density at radius 1 is 1.43 bits per heavy atom. The quantitative estimate of drug-likeness (QED) is 0.782. The van der Waals surface area contributed by atoms with Crippen LogP contribution in [-0.2, 0) is 0 Å². The zero-order valence-electron chi connectivity index (χ0n) is 13.1. The van der Waals surface area contributed by atoms with E-state index >= 15 is 0 Å². The lowest BCUT2D eigenvalue weighted by molar-refractivity contribution is 0.456. The summed E-state index contributed by atoms with van der Waals surface area (Å²) in [6.07, 6.45) is 3.60. The molecule has 1 aromatic carbocycles. The van der Waals surface area contributed by atoms with Crippen molar-refractivity contribution >= 4 is 28.7 Å². The summed E-state index contributed by atoms with van der Waals surface area (Å²) in [5.41, 5.74) is 3.25. The van der Waals surface area contributed by atoms with Crippen molar-refractivity contribution in [2.24, 2.45) is 0 Å². The van der Waals surface area contributed by atoms with Gasteiger partial charge in [0.25, 0.3) is 6.01 Å². The molecule has 23 heavy (non-hydrogen) atoms. The smallest absolute Gasteiger partial charge is 0.298 e. The van der Waals surface area contributed by atoms with Gasteiger partial charge in [-0.2, -0.15) is 10.1 Å². The van der Waals surface area contributed by atoms with Crippen LogP contribution >= 0.6 is 11.6 Å². The number of nitrogens with one attached hydrogen (secondary N) is 1. The zero-order chi connectivity index (χ0) is 16.0.